The Bertz CT molecular complexity index is 191. The molecule has 0 saturated carbocycles. The Morgan fingerprint density at radius 2 is 1.92 bits per heavy atom. The molecule has 0 aliphatic carbocycles. The second kappa shape index (κ2) is 4.27. The zero-order valence-corrected chi connectivity index (χ0v) is 7.13. The Morgan fingerprint density at radius 3 is 2.42 bits per heavy atom. The molecule has 6 heteroatoms. The highest BCUT2D eigenvalue weighted by Gasteiger charge is 2.19. The number of nitrogens with one attached hydrogen (secondary N) is 1. The van der Waals surface area contributed by atoms with Gasteiger partial charge in [-0.2, -0.15) is 0 Å². The second-order valence-corrected chi connectivity index (χ2v) is 2.65. The molecule has 0 spiro atoms. The van der Waals surface area contributed by atoms with Crippen molar-refractivity contribution in [2.24, 2.45) is 0 Å². The van der Waals surface area contributed by atoms with Crippen LogP contribution in [0.5, 0.6) is 0 Å². The summed E-state index contributed by atoms with van der Waals surface area (Å²) < 4.78 is 4.18. The van der Waals surface area contributed by atoms with Crippen LogP contribution in [0.25, 0.3) is 0 Å². The average Bonchev–Trinajstić information content (AvgIpc) is 2.05. The molecule has 12 heavy (non-hydrogen) atoms. The highest BCUT2D eigenvalue weighted by Crippen LogP contribution is 1.98. The molecule has 5 nitrogen and oxygen atoms in total. The molecule has 1 rings (SSSR count). The summed E-state index contributed by atoms with van der Waals surface area (Å²) in [6.07, 6.45) is -0.670. The van der Waals surface area contributed by atoms with E-state index in [9.17, 15) is 9.59 Å². The number of nitrogens with zero attached hydrogens (tertiary/aromatic N) is 1. The van der Waals surface area contributed by atoms with E-state index in [1.807, 2.05) is 0 Å². The molecular formula is C6H9ClN2O3. The summed E-state index contributed by atoms with van der Waals surface area (Å²) in [7, 11) is 0. The first-order chi connectivity index (χ1) is 5.70. The first-order valence-electron chi connectivity index (χ1n) is 3.57. The van der Waals surface area contributed by atoms with Gasteiger partial charge < -0.3 is 15.0 Å². The summed E-state index contributed by atoms with van der Waals surface area (Å²) in [4.78, 5) is 22.6. The van der Waals surface area contributed by atoms with Gasteiger partial charge in [-0.05, 0) is 0 Å². The van der Waals surface area contributed by atoms with Crippen molar-refractivity contribution in [3.63, 3.8) is 0 Å². The van der Waals surface area contributed by atoms with Crippen LogP contribution < -0.4 is 5.32 Å². The van der Waals surface area contributed by atoms with Crippen LogP contribution >= 0.6 is 11.6 Å². The normalized spacial score (nSPS) is 17.2. The van der Waals surface area contributed by atoms with Crippen LogP contribution in [0.2, 0.25) is 0 Å². The minimum absolute atomic E-state index is 0.545. The molecule has 1 aliphatic rings. The molecule has 1 heterocycles. The number of amides is 1. The summed E-state index contributed by atoms with van der Waals surface area (Å²) in [6, 6.07) is 0. The van der Waals surface area contributed by atoms with Crippen LogP contribution in [0.15, 0.2) is 0 Å². The number of ether oxygens (including phenoxy) is 1. The lowest BCUT2D eigenvalue weighted by Gasteiger charge is -2.25. The monoisotopic (exact) mass is 192 g/mol. The molecular weight excluding hydrogens is 184 g/mol. The standard InChI is InChI=1S/C6H9ClN2O3/c7-5(10)12-6(11)9-3-1-8-2-4-9/h8H,1-4H2. The molecule has 0 unspecified atom stereocenters. The van der Waals surface area contributed by atoms with Crippen molar-refractivity contribution in [1.29, 1.82) is 0 Å². The van der Waals surface area contributed by atoms with Crippen molar-refractivity contribution in [2.45, 2.75) is 0 Å². The summed E-state index contributed by atoms with van der Waals surface area (Å²) in [5.41, 5.74) is -1.08. The molecule has 0 aromatic carbocycles. The van der Waals surface area contributed by atoms with E-state index in [-0.39, 0.29) is 0 Å². The zero-order valence-electron chi connectivity index (χ0n) is 6.38. The van der Waals surface area contributed by atoms with Gasteiger partial charge in [0.05, 0.1) is 0 Å². The maximum absolute atomic E-state index is 11.0. The summed E-state index contributed by atoms with van der Waals surface area (Å²) in [6.45, 7) is 2.52. The predicted octanol–water partition coefficient (Wildman–Crippen LogP) is 0.387. The lowest BCUT2D eigenvalue weighted by molar-refractivity contribution is 0.124. The third-order valence-corrected chi connectivity index (χ3v) is 1.62. The van der Waals surface area contributed by atoms with E-state index < -0.39 is 11.5 Å². The van der Waals surface area contributed by atoms with Gasteiger partial charge in [-0.25, -0.2) is 9.59 Å². The predicted molar refractivity (Wildman–Crippen MR) is 42.2 cm³/mol. The number of piperazine rings is 1. The van der Waals surface area contributed by atoms with E-state index in [0.29, 0.717) is 26.2 Å². The Hall–Kier alpha value is -0.810. The van der Waals surface area contributed by atoms with E-state index in [0.717, 1.165) is 0 Å². The van der Waals surface area contributed by atoms with Gasteiger partial charge in [0.1, 0.15) is 0 Å². The Balaban J connectivity index is 2.34. The quantitative estimate of drug-likeness (QED) is 0.446. The average molecular weight is 193 g/mol. The molecule has 1 aliphatic heterocycles. The summed E-state index contributed by atoms with van der Waals surface area (Å²) in [5, 5.41) is 3.06. The highest BCUT2D eigenvalue weighted by atomic mass is 35.5. The van der Waals surface area contributed by atoms with Crippen LogP contribution in [0, 0.1) is 0 Å². The van der Waals surface area contributed by atoms with Crippen molar-refractivity contribution < 1.29 is 14.3 Å². The Morgan fingerprint density at radius 1 is 1.33 bits per heavy atom. The third-order valence-electron chi connectivity index (χ3n) is 1.54. The third kappa shape index (κ3) is 2.67. The summed E-state index contributed by atoms with van der Waals surface area (Å²) >= 11 is 4.87. The maximum atomic E-state index is 11.0. The smallest absolute Gasteiger partial charge is 0.364 e. The Labute approximate surface area is 74.6 Å². The molecule has 0 aromatic rings. The highest BCUT2D eigenvalue weighted by molar-refractivity contribution is 6.61. The molecule has 0 atom stereocenters. The van der Waals surface area contributed by atoms with Gasteiger partial charge >= 0.3 is 11.5 Å². The number of halogens is 1. The van der Waals surface area contributed by atoms with Gasteiger partial charge in [0.2, 0.25) is 0 Å². The first-order valence-corrected chi connectivity index (χ1v) is 3.95. The van der Waals surface area contributed by atoms with E-state index in [1.54, 1.807) is 0 Å². The van der Waals surface area contributed by atoms with Crippen LogP contribution in [-0.4, -0.2) is 42.6 Å². The number of carbonyl (C=O) groups is 2. The molecule has 0 bridgehead atoms. The minimum Gasteiger partial charge on any atom is -0.364 e. The van der Waals surface area contributed by atoms with Crippen LogP contribution in [0.3, 0.4) is 0 Å². The lowest BCUT2D eigenvalue weighted by atomic mass is 10.4. The van der Waals surface area contributed by atoms with E-state index in [2.05, 4.69) is 10.1 Å². The van der Waals surface area contributed by atoms with E-state index in [4.69, 9.17) is 11.6 Å². The molecule has 0 radical (unpaired) electrons. The molecule has 1 fully saturated rings. The van der Waals surface area contributed by atoms with E-state index in [1.165, 1.54) is 4.90 Å². The SMILES string of the molecule is O=C(Cl)OC(=O)N1CCNCC1. The largest absolute Gasteiger partial charge is 0.418 e. The lowest BCUT2D eigenvalue weighted by Crippen LogP contribution is -2.46. The molecule has 1 amide bonds. The van der Waals surface area contributed by atoms with Gasteiger partial charge in [0.15, 0.2) is 0 Å². The minimum atomic E-state index is -1.08. The summed E-state index contributed by atoms with van der Waals surface area (Å²) in [5.74, 6) is 0. The van der Waals surface area contributed by atoms with Crippen molar-refractivity contribution in [3.05, 3.63) is 0 Å². The van der Waals surface area contributed by atoms with Crippen molar-refractivity contribution in [3.8, 4) is 0 Å². The number of hydrogen-bond acceptors (Lipinski definition) is 4. The number of hydrogen-bond donors (Lipinski definition) is 1. The van der Waals surface area contributed by atoms with Crippen LogP contribution in [0.1, 0.15) is 0 Å². The van der Waals surface area contributed by atoms with Crippen LogP contribution in [-0.2, 0) is 4.74 Å². The molecule has 68 valence electrons. The second-order valence-electron chi connectivity index (χ2n) is 2.34. The zero-order chi connectivity index (χ0) is 8.97. The van der Waals surface area contributed by atoms with Crippen LogP contribution in [0.4, 0.5) is 9.59 Å². The van der Waals surface area contributed by atoms with Gasteiger partial charge in [-0.15, -0.1) is 0 Å². The van der Waals surface area contributed by atoms with Gasteiger partial charge in [0.25, 0.3) is 0 Å². The van der Waals surface area contributed by atoms with Crippen molar-refractivity contribution >= 4 is 23.1 Å². The maximum Gasteiger partial charge on any atom is 0.418 e. The molecule has 1 N–H and O–H groups in total. The fraction of sp³-hybridized carbons (Fsp3) is 0.667. The van der Waals surface area contributed by atoms with E-state index >= 15 is 0 Å². The number of rotatable bonds is 0. The van der Waals surface area contributed by atoms with Gasteiger partial charge in [-0.3, -0.25) is 0 Å². The number of carbonyl (C=O) groups excluding carboxylic acids is 2. The molecule has 0 aromatic heterocycles. The Kier molecular flexibility index (Phi) is 3.31. The van der Waals surface area contributed by atoms with Gasteiger partial charge in [0, 0.05) is 37.8 Å². The van der Waals surface area contributed by atoms with Crippen molar-refractivity contribution in [2.75, 3.05) is 26.2 Å². The topological polar surface area (TPSA) is 58.6 Å². The van der Waals surface area contributed by atoms with Crippen molar-refractivity contribution in [1.82, 2.24) is 10.2 Å². The fourth-order valence-electron chi connectivity index (χ4n) is 0.981. The first kappa shape index (κ1) is 9.28. The molecule has 1 saturated heterocycles. The van der Waals surface area contributed by atoms with Gasteiger partial charge in [-0.1, -0.05) is 0 Å². The fourth-order valence-corrected chi connectivity index (χ4v) is 1.05.